The number of hydroxylamine groups is 2. The number of ketones is 1. The number of β-lactam (4-membered cyclic amide) rings is 1. The van der Waals surface area contributed by atoms with Gasteiger partial charge in [-0.3, -0.25) is 14.1 Å². The molecule has 6 N–H and O–H groups in total. The number of nitrogens with two attached hydrogens (primary N) is 2. The van der Waals surface area contributed by atoms with Crippen LogP contribution in [0.5, 0.6) is 5.75 Å². The van der Waals surface area contributed by atoms with Crippen molar-refractivity contribution in [2.45, 2.75) is 44.9 Å². The molecule has 17 nitrogen and oxygen atoms in total. The van der Waals surface area contributed by atoms with Crippen LogP contribution in [0, 0.1) is 5.92 Å². The van der Waals surface area contributed by atoms with E-state index in [2.05, 4.69) is 14.4 Å². The summed E-state index contributed by atoms with van der Waals surface area (Å²) in [5, 5.41) is 15.6. The molecule has 1 unspecified atom stereocenters. The molecule has 1 saturated heterocycles. The van der Waals surface area contributed by atoms with E-state index < -0.39 is 58.6 Å². The lowest BCUT2D eigenvalue weighted by Gasteiger charge is -2.50. The number of aliphatic carboxylic acids is 1. The van der Waals surface area contributed by atoms with Crippen LogP contribution in [0.1, 0.15) is 32.4 Å². The Balaban J connectivity index is 1.44. The highest BCUT2D eigenvalue weighted by molar-refractivity contribution is 7.80. The summed E-state index contributed by atoms with van der Waals surface area (Å²) in [6, 6.07) is 6.80. The summed E-state index contributed by atoms with van der Waals surface area (Å²) >= 11 is 1.01. The van der Waals surface area contributed by atoms with E-state index in [9.17, 15) is 27.9 Å². The molecule has 0 radical (unpaired) electrons. The van der Waals surface area contributed by atoms with Crippen molar-refractivity contribution in [1.82, 2.24) is 14.7 Å². The van der Waals surface area contributed by atoms with Gasteiger partial charge in [-0.1, -0.05) is 17.3 Å². The van der Waals surface area contributed by atoms with Crippen molar-refractivity contribution in [1.29, 1.82) is 0 Å². The van der Waals surface area contributed by atoms with Gasteiger partial charge in [-0.05, 0) is 44.5 Å². The van der Waals surface area contributed by atoms with E-state index in [4.69, 9.17) is 25.6 Å². The van der Waals surface area contributed by atoms with Crippen molar-refractivity contribution in [3.8, 4) is 16.9 Å². The molecule has 46 heavy (non-hydrogen) atoms. The number of aryl methyl sites for hydroxylation is 2. The zero-order chi connectivity index (χ0) is 33.8. The van der Waals surface area contributed by atoms with Crippen LogP contribution >= 0.6 is 11.3 Å². The first-order valence-corrected chi connectivity index (χ1v) is 16.1. The number of benzene rings is 1. The van der Waals surface area contributed by atoms with E-state index in [0.29, 0.717) is 11.6 Å². The second-order valence-electron chi connectivity index (χ2n) is 10.8. The van der Waals surface area contributed by atoms with Crippen molar-refractivity contribution < 1.29 is 51.0 Å². The average molecular weight is 681 g/mol. The first kappa shape index (κ1) is 34.4. The van der Waals surface area contributed by atoms with Gasteiger partial charge >= 0.3 is 16.4 Å². The summed E-state index contributed by atoms with van der Waals surface area (Å²) in [6.07, 6.45) is 2.79. The zero-order valence-electron chi connectivity index (χ0n) is 25.1. The molecular formula is C27H34N7O10S2+. The Morgan fingerprint density at radius 2 is 1.93 bits per heavy atom. The number of carbonyl (C=O) groups excluding carboxylic acids is 2. The zero-order valence-corrected chi connectivity index (χ0v) is 26.7. The van der Waals surface area contributed by atoms with Gasteiger partial charge in [0.25, 0.3) is 5.91 Å². The summed E-state index contributed by atoms with van der Waals surface area (Å²) in [5.74, 6) is -3.74. The van der Waals surface area contributed by atoms with Gasteiger partial charge in [0.2, 0.25) is 12.3 Å². The Morgan fingerprint density at radius 3 is 2.50 bits per heavy atom. The third-order valence-electron chi connectivity index (χ3n) is 7.20. The fourth-order valence-electron chi connectivity index (χ4n) is 4.69. The number of ether oxygens (including phenoxy) is 1. The minimum Gasteiger partial charge on any atom is -0.478 e. The fraction of sp³-hybridized carbons (Fsp3) is 0.407. The number of carbonyl (C=O) groups is 3. The summed E-state index contributed by atoms with van der Waals surface area (Å²) < 4.78 is 45.1. The van der Waals surface area contributed by atoms with Gasteiger partial charge in [0.15, 0.2) is 30.3 Å². The Hall–Kier alpha value is -4.43. The highest BCUT2D eigenvalue weighted by atomic mass is 32.3. The number of rotatable bonds is 16. The number of nitrogens with zero attached hydrogens (tertiary/aromatic N) is 5. The van der Waals surface area contributed by atoms with Crippen LogP contribution < -0.4 is 20.9 Å². The van der Waals surface area contributed by atoms with Crippen molar-refractivity contribution in [3.05, 3.63) is 47.7 Å². The van der Waals surface area contributed by atoms with Crippen LogP contribution in [-0.4, -0.2) is 81.0 Å². The summed E-state index contributed by atoms with van der Waals surface area (Å²) in [6.45, 7) is 3.62. The Labute approximate surface area is 267 Å². The van der Waals surface area contributed by atoms with Gasteiger partial charge < -0.3 is 26.1 Å². The second kappa shape index (κ2) is 13.9. The number of thiazole rings is 1. The van der Waals surface area contributed by atoms with Crippen LogP contribution in [-0.2, 0) is 47.5 Å². The number of carboxylic acid groups (broad SMARTS) is 1. The van der Waals surface area contributed by atoms with E-state index in [-0.39, 0.29) is 22.3 Å². The normalized spacial score (nSPS) is 17.0. The number of hydrogen-bond acceptors (Lipinski definition) is 13. The monoisotopic (exact) mass is 680 g/mol. The lowest BCUT2D eigenvalue weighted by Crippen LogP contribution is -2.68. The molecular weight excluding hydrogens is 646 g/mol. The molecule has 1 aromatic carbocycles. The lowest BCUT2D eigenvalue weighted by atomic mass is 9.74. The number of anilines is 1. The first-order valence-electron chi connectivity index (χ1n) is 13.8. The highest BCUT2D eigenvalue weighted by Crippen LogP contribution is 2.40. The summed E-state index contributed by atoms with van der Waals surface area (Å²) in [4.78, 5) is 47.1. The number of oxime groups is 1. The number of aromatic nitrogens is 3. The Morgan fingerprint density at radius 1 is 1.24 bits per heavy atom. The minimum absolute atomic E-state index is 0.0248. The maximum Gasteiger partial charge on any atom is 0.418 e. The van der Waals surface area contributed by atoms with E-state index in [1.165, 1.54) is 19.2 Å². The molecule has 1 amide bonds. The number of Topliss-reactive ketones (excluding diaryl/α,β-unsaturated/α-hetero) is 1. The van der Waals surface area contributed by atoms with Gasteiger partial charge in [0.05, 0.1) is 29.8 Å². The lowest BCUT2D eigenvalue weighted by molar-refractivity contribution is -0.753. The predicted molar refractivity (Wildman–Crippen MR) is 162 cm³/mol. The molecule has 0 bridgehead atoms. The van der Waals surface area contributed by atoms with Gasteiger partial charge in [-0.2, -0.15) is 18.2 Å². The van der Waals surface area contributed by atoms with Crippen molar-refractivity contribution in [3.63, 3.8) is 0 Å². The fourth-order valence-corrected chi connectivity index (χ4v) is 5.69. The molecule has 0 spiro atoms. The molecule has 248 valence electrons. The SMILES string of the molecule is C[n+]1cc(-c2ccc(OC(CO/N=C(\C(=O)C[C@@H]3C(=O)N(OS(=O)(=O)O)C3(C)C)c3csc(N)n3)C(=O)O)cc2)cn1CCCN. The predicted octanol–water partition coefficient (Wildman–Crippen LogP) is 0.551. The molecule has 2 aromatic heterocycles. The standard InChI is InChI=1S/C27H33N7O10S2/c1-27(2)19(24(36)34(27)44-46(39,40)41)11-21(35)23(20-15-45-26(29)30-20)31-42-14-22(25(37)38)43-18-7-5-16(6-8-18)17-12-32(3)33(13-17)10-4-9-28/h5-8,12-13,15,19,22H,4,9-11,14,28H2,1-3H3,(H3-,29,30,37,38,39,40,41)/p+1/b31-23-/t19-,22?/m1/s1. The number of carboxylic acids is 1. The largest absolute Gasteiger partial charge is 0.478 e. The van der Waals surface area contributed by atoms with Crippen molar-refractivity contribution >= 4 is 50.2 Å². The molecule has 19 heteroatoms. The van der Waals surface area contributed by atoms with Crippen LogP contribution in [0.3, 0.4) is 0 Å². The molecule has 4 rings (SSSR count). The number of nitrogen functional groups attached to an aromatic ring is 1. The molecule has 1 fully saturated rings. The van der Waals surface area contributed by atoms with Crippen LogP contribution in [0.15, 0.2) is 47.2 Å². The third kappa shape index (κ3) is 8.04. The maximum absolute atomic E-state index is 13.3. The van der Waals surface area contributed by atoms with Gasteiger partial charge in [-0.15, -0.1) is 20.3 Å². The second-order valence-corrected chi connectivity index (χ2v) is 12.7. The Kier molecular flexibility index (Phi) is 10.4. The molecule has 3 aromatic rings. The van der Waals surface area contributed by atoms with Crippen molar-refractivity contribution in [2.24, 2.45) is 23.9 Å². The molecule has 3 heterocycles. The molecule has 1 aliphatic rings. The van der Waals surface area contributed by atoms with Gasteiger partial charge in [-0.25, -0.2) is 9.78 Å². The minimum atomic E-state index is -4.98. The van der Waals surface area contributed by atoms with Gasteiger partial charge in [0.1, 0.15) is 11.4 Å². The molecule has 0 saturated carbocycles. The topological polar surface area (TPSA) is 243 Å². The van der Waals surface area contributed by atoms with E-state index in [0.717, 1.165) is 35.4 Å². The number of amides is 1. The summed E-state index contributed by atoms with van der Waals surface area (Å²) in [5.41, 5.74) is 11.5. The average Bonchev–Trinajstić information content (AvgIpc) is 3.59. The van der Waals surface area contributed by atoms with Crippen molar-refractivity contribution in [2.75, 3.05) is 18.9 Å². The smallest absolute Gasteiger partial charge is 0.418 e. The van der Waals surface area contributed by atoms with E-state index >= 15 is 0 Å². The molecule has 1 aliphatic heterocycles. The quantitative estimate of drug-likeness (QED) is 0.0532. The van der Waals surface area contributed by atoms with Crippen LogP contribution in [0.25, 0.3) is 11.1 Å². The summed E-state index contributed by atoms with van der Waals surface area (Å²) in [7, 11) is -3.06. The maximum atomic E-state index is 13.3. The molecule has 2 atom stereocenters. The molecule has 0 aliphatic carbocycles. The number of hydrogen-bond donors (Lipinski definition) is 4. The van der Waals surface area contributed by atoms with E-state index in [1.54, 1.807) is 24.3 Å². The van der Waals surface area contributed by atoms with Crippen LogP contribution in [0.4, 0.5) is 5.13 Å². The first-order chi connectivity index (χ1) is 21.6. The highest BCUT2D eigenvalue weighted by Gasteiger charge is 2.57. The van der Waals surface area contributed by atoms with Crippen LogP contribution in [0.2, 0.25) is 0 Å². The third-order valence-corrected chi connectivity index (χ3v) is 8.21. The Bertz CT molecular complexity index is 1730. The van der Waals surface area contributed by atoms with E-state index in [1.807, 2.05) is 28.8 Å². The van der Waals surface area contributed by atoms with Gasteiger partial charge in [0, 0.05) is 11.8 Å².